The van der Waals surface area contributed by atoms with Crippen LogP contribution in [0.5, 0.6) is 0 Å². The van der Waals surface area contributed by atoms with E-state index in [0.29, 0.717) is 0 Å². The number of carbonyl (C=O) groups excluding carboxylic acids is 2. The molecule has 1 atom stereocenters. The van der Waals surface area contributed by atoms with Gasteiger partial charge in [-0.05, 0) is 35.7 Å². The number of carbonyl (C=O) groups is 2. The summed E-state index contributed by atoms with van der Waals surface area (Å²) in [5, 5.41) is 10.7. The number of pyridine rings is 1. The van der Waals surface area contributed by atoms with E-state index in [1.165, 1.54) is 0 Å². The molecule has 2 heterocycles. The van der Waals surface area contributed by atoms with Gasteiger partial charge in [0.2, 0.25) is 11.8 Å². The summed E-state index contributed by atoms with van der Waals surface area (Å²) >= 11 is 0. The Hall–Kier alpha value is -4.26. The van der Waals surface area contributed by atoms with E-state index in [1.54, 1.807) is 17.1 Å². The first-order valence-electron chi connectivity index (χ1n) is 11.7. The monoisotopic (exact) mass is 467 g/mol. The Morgan fingerprint density at radius 3 is 2.23 bits per heavy atom. The highest BCUT2D eigenvalue weighted by Gasteiger charge is 2.24. The Kier molecular flexibility index (Phi) is 7.67. The Morgan fingerprint density at radius 2 is 1.57 bits per heavy atom. The first-order valence-corrected chi connectivity index (χ1v) is 11.7. The van der Waals surface area contributed by atoms with E-state index in [-0.39, 0.29) is 30.7 Å². The van der Waals surface area contributed by atoms with Crippen molar-refractivity contribution in [2.24, 2.45) is 5.92 Å². The first-order chi connectivity index (χ1) is 17.0. The molecule has 7 heteroatoms. The molecule has 0 fully saturated rings. The van der Waals surface area contributed by atoms with Crippen molar-refractivity contribution in [3.8, 4) is 16.9 Å². The first kappa shape index (κ1) is 23.9. The van der Waals surface area contributed by atoms with Crippen LogP contribution in [0.25, 0.3) is 16.9 Å². The summed E-state index contributed by atoms with van der Waals surface area (Å²) in [6.07, 6.45) is 5.59. The van der Waals surface area contributed by atoms with Gasteiger partial charge in [0, 0.05) is 36.3 Å². The lowest BCUT2D eigenvalue weighted by Gasteiger charge is -2.22. The van der Waals surface area contributed by atoms with Crippen molar-refractivity contribution in [2.45, 2.75) is 32.9 Å². The van der Waals surface area contributed by atoms with Gasteiger partial charge in [-0.15, -0.1) is 0 Å². The van der Waals surface area contributed by atoms with E-state index < -0.39 is 6.04 Å². The van der Waals surface area contributed by atoms with Gasteiger partial charge < -0.3 is 10.6 Å². The standard InChI is InChI=1S/C28H29N5O2/c1-20(2)26(31-25(34)17-21-9-5-3-6-10-21)28(35)30-18-23-19-33(24-11-7-4-8-12-24)32-27(23)22-13-15-29-16-14-22/h3-16,19-20,26H,17-18H2,1-2H3,(H,30,35)(H,31,34). The third kappa shape index (κ3) is 6.20. The molecule has 0 aliphatic heterocycles. The van der Waals surface area contributed by atoms with Crippen LogP contribution in [0.2, 0.25) is 0 Å². The third-order valence-electron chi connectivity index (χ3n) is 5.69. The minimum atomic E-state index is -0.639. The molecule has 178 valence electrons. The summed E-state index contributed by atoms with van der Waals surface area (Å²) in [7, 11) is 0. The average Bonchev–Trinajstić information content (AvgIpc) is 3.32. The molecule has 1 unspecified atom stereocenters. The predicted molar refractivity (Wildman–Crippen MR) is 136 cm³/mol. The minimum Gasteiger partial charge on any atom is -0.350 e. The molecule has 0 aliphatic carbocycles. The van der Waals surface area contributed by atoms with Crippen molar-refractivity contribution in [3.63, 3.8) is 0 Å². The van der Waals surface area contributed by atoms with Gasteiger partial charge in [-0.25, -0.2) is 4.68 Å². The van der Waals surface area contributed by atoms with Crippen LogP contribution >= 0.6 is 0 Å². The second-order valence-electron chi connectivity index (χ2n) is 8.69. The van der Waals surface area contributed by atoms with E-state index in [2.05, 4.69) is 15.6 Å². The van der Waals surface area contributed by atoms with Gasteiger partial charge in [-0.2, -0.15) is 5.10 Å². The van der Waals surface area contributed by atoms with E-state index in [1.807, 2.05) is 92.8 Å². The topological polar surface area (TPSA) is 88.9 Å². The van der Waals surface area contributed by atoms with Crippen molar-refractivity contribution in [2.75, 3.05) is 0 Å². The molecule has 35 heavy (non-hydrogen) atoms. The van der Waals surface area contributed by atoms with Gasteiger partial charge in [0.15, 0.2) is 0 Å². The molecular formula is C28H29N5O2. The molecule has 0 bridgehead atoms. The van der Waals surface area contributed by atoms with Crippen LogP contribution in [0.15, 0.2) is 91.4 Å². The van der Waals surface area contributed by atoms with E-state index in [0.717, 1.165) is 28.1 Å². The summed E-state index contributed by atoms with van der Waals surface area (Å²) in [6.45, 7) is 4.12. The highest BCUT2D eigenvalue weighted by molar-refractivity contribution is 5.88. The molecule has 2 N–H and O–H groups in total. The molecule has 4 aromatic rings. The third-order valence-corrected chi connectivity index (χ3v) is 5.69. The largest absolute Gasteiger partial charge is 0.350 e. The molecule has 0 aliphatic rings. The van der Waals surface area contributed by atoms with Crippen LogP contribution in [-0.4, -0.2) is 32.6 Å². The Balaban J connectivity index is 1.49. The maximum absolute atomic E-state index is 13.1. The quantitative estimate of drug-likeness (QED) is 0.390. The lowest BCUT2D eigenvalue weighted by atomic mass is 10.0. The Labute approximate surface area is 205 Å². The maximum atomic E-state index is 13.1. The molecule has 2 aromatic heterocycles. The fourth-order valence-corrected chi connectivity index (χ4v) is 3.84. The second-order valence-corrected chi connectivity index (χ2v) is 8.69. The predicted octanol–water partition coefficient (Wildman–Crippen LogP) is 3.93. The minimum absolute atomic E-state index is 0.0681. The van der Waals surface area contributed by atoms with Crippen molar-refractivity contribution in [3.05, 3.63) is 103 Å². The Morgan fingerprint density at radius 1 is 0.914 bits per heavy atom. The SMILES string of the molecule is CC(C)C(NC(=O)Cc1ccccc1)C(=O)NCc1cn(-c2ccccc2)nc1-c1ccncc1. The van der Waals surface area contributed by atoms with Crippen LogP contribution in [0, 0.1) is 5.92 Å². The van der Waals surface area contributed by atoms with E-state index >= 15 is 0 Å². The highest BCUT2D eigenvalue weighted by Crippen LogP contribution is 2.23. The number of nitrogens with one attached hydrogen (secondary N) is 2. The number of benzene rings is 2. The average molecular weight is 468 g/mol. The summed E-state index contributed by atoms with van der Waals surface area (Å²) < 4.78 is 1.80. The number of amides is 2. The molecular weight excluding hydrogens is 438 g/mol. The van der Waals surface area contributed by atoms with Crippen molar-refractivity contribution in [1.29, 1.82) is 0 Å². The summed E-state index contributed by atoms with van der Waals surface area (Å²) in [5.74, 6) is -0.476. The number of hydrogen-bond acceptors (Lipinski definition) is 4. The summed E-state index contributed by atoms with van der Waals surface area (Å²) in [5.41, 5.74) is 4.38. The second kappa shape index (κ2) is 11.2. The lowest BCUT2D eigenvalue weighted by Crippen LogP contribution is -2.49. The van der Waals surface area contributed by atoms with E-state index in [4.69, 9.17) is 5.10 Å². The zero-order chi connectivity index (χ0) is 24.6. The van der Waals surface area contributed by atoms with Gasteiger partial charge in [0.25, 0.3) is 0 Å². The lowest BCUT2D eigenvalue weighted by molar-refractivity contribution is -0.129. The molecule has 0 saturated carbocycles. The number of nitrogens with zero attached hydrogens (tertiary/aromatic N) is 3. The number of hydrogen-bond donors (Lipinski definition) is 2. The van der Waals surface area contributed by atoms with Gasteiger partial charge in [0.1, 0.15) is 6.04 Å². The van der Waals surface area contributed by atoms with Crippen molar-refractivity contribution in [1.82, 2.24) is 25.4 Å². The molecule has 0 spiro atoms. The van der Waals surface area contributed by atoms with Crippen molar-refractivity contribution >= 4 is 11.8 Å². The Bertz CT molecular complexity index is 1250. The van der Waals surface area contributed by atoms with Crippen LogP contribution in [0.4, 0.5) is 0 Å². The number of rotatable bonds is 9. The van der Waals surface area contributed by atoms with E-state index in [9.17, 15) is 9.59 Å². The summed E-state index contributed by atoms with van der Waals surface area (Å²) in [4.78, 5) is 29.8. The molecule has 2 aromatic carbocycles. The van der Waals surface area contributed by atoms with Gasteiger partial charge in [0.05, 0.1) is 17.8 Å². The normalized spacial score (nSPS) is 11.7. The zero-order valence-electron chi connectivity index (χ0n) is 19.9. The highest BCUT2D eigenvalue weighted by atomic mass is 16.2. The molecule has 2 amide bonds. The zero-order valence-corrected chi connectivity index (χ0v) is 19.9. The van der Waals surface area contributed by atoms with Gasteiger partial charge in [-0.3, -0.25) is 14.6 Å². The van der Waals surface area contributed by atoms with Gasteiger partial charge in [-0.1, -0.05) is 62.4 Å². The maximum Gasteiger partial charge on any atom is 0.243 e. The molecule has 0 radical (unpaired) electrons. The fourth-order valence-electron chi connectivity index (χ4n) is 3.84. The van der Waals surface area contributed by atoms with Crippen LogP contribution < -0.4 is 10.6 Å². The fraction of sp³-hybridized carbons (Fsp3) is 0.214. The summed E-state index contributed by atoms with van der Waals surface area (Å²) in [6, 6.07) is 22.5. The van der Waals surface area contributed by atoms with Gasteiger partial charge >= 0.3 is 0 Å². The number of aromatic nitrogens is 3. The van der Waals surface area contributed by atoms with Crippen molar-refractivity contribution < 1.29 is 9.59 Å². The molecule has 4 rings (SSSR count). The molecule has 0 saturated heterocycles. The number of para-hydroxylation sites is 1. The van der Waals surface area contributed by atoms with Crippen LogP contribution in [-0.2, 0) is 22.6 Å². The molecule has 7 nitrogen and oxygen atoms in total. The van der Waals surface area contributed by atoms with Crippen LogP contribution in [0.3, 0.4) is 0 Å². The van der Waals surface area contributed by atoms with Crippen LogP contribution in [0.1, 0.15) is 25.0 Å². The smallest absolute Gasteiger partial charge is 0.243 e.